The Bertz CT molecular complexity index is 226. The molecule has 0 aromatic heterocycles. The molecule has 0 fully saturated rings. The molecule has 0 saturated heterocycles. The van der Waals surface area contributed by atoms with Crippen molar-refractivity contribution in [3.8, 4) is 0 Å². The van der Waals surface area contributed by atoms with Crippen LogP contribution in [0.25, 0.3) is 0 Å². The first-order chi connectivity index (χ1) is 7.78. The van der Waals surface area contributed by atoms with E-state index in [1.165, 1.54) is 0 Å². The van der Waals surface area contributed by atoms with Crippen LogP contribution in [-0.2, 0) is 9.53 Å². The zero-order valence-corrected chi connectivity index (χ0v) is 13.1. The number of nitrogens with one attached hydrogen (secondary N) is 1. The topological polar surface area (TPSA) is 64.3 Å². The van der Waals surface area contributed by atoms with E-state index in [0.29, 0.717) is 18.4 Å². The summed E-state index contributed by atoms with van der Waals surface area (Å²) in [4.78, 5) is 11.7. The third-order valence-electron chi connectivity index (χ3n) is 2.74. The third kappa shape index (κ3) is 10.8. The van der Waals surface area contributed by atoms with E-state index in [4.69, 9.17) is 10.5 Å². The summed E-state index contributed by atoms with van der Waals surface area (Å²) in [7, 11) is 1.58. The molecule has 0 aliphatic carbocycles. The zero-order valence-electron chi connectivity index (χ0n) is 12.3. The van der Waals surface area contributed by atoms with Crippen LogP contribution < -0.4 is 11.1 Å². The Morgan fingerprint density at radius 1 is 1.39 bits per heavy atom. The Labute approximate surface area is 117 Å². The average molecular weight is 281 g/mol. The standard InChI is InChI=1S/C13H28N2O2.ClH/c1-10(6-7-13(2,3)4)15-12(16)8-11(9-14)17-5;/h10-11H,6-9,14H2,1-5H3,(H,15,16);1H. The van der Waals surface area contributed by atoms with Gasteiger partial charge < -0.3 is 15.8 Å². The van der Waals surface area contributed by atoms with Crippen LogP contribution in [0.15, 0.2) is 0 Å². The summed E-state index contributed by atoms with van der Waals surface area (Å²) in [5, 5.41) is 2.98. The number of amides is 1. The van der Waals surface area contributed by atoms with Gasteiger partial charge in [0.15, 0.2) is 0 Å². The minimum atomic E-state index is -0.176. The highest BCUT2D eigenvalue weighted by molar-refractivity contribution is 5.85. The van der Waals surface area contributed by atoms with E-state index in [1.807, 2.05) is 6.92 Å². The first-order valence-electron chi connectivity index (χ1n) is 6.30. The van der Waals surface area contributed by atoms with Crippen LogP contribution in [0.4, 0.5) is 0 Å². The molecule has 18 heavy (non-hydrogen) atoms. The molecular formula is C13H29ClN2O2. The quantitative estimate of drug-likeness (QED) is 0.751. The van der Waals surface area contributed by atoms with E-state index in [2.05, 4.69) is 26.1 Å². The summed E-state index contributed by atoms with van der Waals surface area (Å²) in [6.07, 6.45) is 2.26. The maximum absolute atomic E-state index is 11.7. The second kappa shape index (κ2) is 9.59. The van der Waals surface area contributed by atoms with Crippen LogP contribution in [0.2, 0.25) is 0 Å². The number of carbonyl (C=O) groups excluding carboxylic acids is 1. The molecule has 0 rings (SSSR count). The van der Waals surface area contributed by atoms with Crippen LogP contribution in [0.5, 0.6) is 0 Å². The lowest BCUT2D eigenvalue weighted by molar-refractivity contribution is -0.124. The lowest BCUT2D eigenvalue weighted by atomic mass is 9.89. The van der Waals surface area contributed by atoms with Crippen LogP contribution in [0.3, 0.4) is 0 Å². The van der Waals surface area contributed by atoms with Crippen molar-refractivity contribution < 1.29 is 9.53 Å². The zero-order chi connectivity index (χ0) is 13.5. The van der Waals surface area contributed by atoms with Crippen molar-refractivity contribution in [2.75, 3.05) is 13.7 Å². The van der Waals surface area contributed by atoms with E-state index in [-0.39, 0.29) is 30.5 Å². The highest BCUT2D eigenvalue weighted by Gasteiger charge is 2.16. The monoisotopic (exact) mass is 280 g/mol. The SMILES string of the molecule is COC(CN)CC(=O)NC(C)CCC(C)(C)C.Cl. The van der Waals surface area contributed by atoms with Gasteiger partial charge in [0.2, 0.25) is 5.91 Å². The molecule has 0 bridgehead atoms. The van der Waals surface area contributed by atoms with Crippen molar-refractivity contribution in [3.63, 3.8) is 0 Å². The number of hydrogen-bond donors (Lipinski definition) is 2. The van der Waals surface area contributed by atoms with Crippen molar-refractivity contribution in [3.05, 3.63) is 0 Å². The number of halogens is 1. The van der Waals surface area contributed by atoms with Gasteiger partial charge in [0.1, 0.15) is 0 Å². The predicted octanol–water partition coefficient (Wildman–Crippen LogP) is 2.10. The molecule has 110 valence electrons. The van der Waals surface area contributed by atoms with Gasteiger partial charge in [-0.05, 0) is 25.2 Å². The predicted molar refractivity (Wildman–Crippen MR) is 78.0 cm³/mol. The summed E-state index contributed by atoms with van der Waals surface area (Å²) in [5.74, 6) is 0.0173. The van der Waals surface area contributed by atoms with Gasteiger partial charge in [-0.2, -0.15) is 0 Å². The highest BCUT2D eigenvalue weighted by Crippen LogP contribution is 2.21. The lowest BCUT2D eigenvalue weighted by Gasteiger charge is -2.22. The van der Waals surface area contributed by atoms with Crippen LogP contribution >= 0.6 is 12.4 Å². The highest BCUT2D eigenvalue weighted by atomic mass is 35.5. The van der Waals surface area contributed by atoms with E-state index in [9.17, 15) is 4.79 Å². The Balaban J connectivity index is 0. The van der Waals surface area contributed by atoms with Crippen LogP contribution in [0.1, 0.15) is 47.0 Å². The number of rotatable bonds is 7. The second-order valence-corrected chi connectivity index (χ2v) is 5.87. The van der Waals surface area contributed by atoms with Gasteiger partial charge in [0.05, 0.1) is 12.5 Å². The van der Waals surface area contributed by atoms with Crippen molar-refractivity contribution in [2.45, 2.75) is 59.1 Å². The number of ether oxygens (including phenoxy) is 1. The molecule has 0 aliphatic heterocycles. The molecule has 0 saturated carbocycles. The summed E-state index contributed by atoms with van der Waals surface area (Å²) in [6, 6.07) is 0.206. The van der Waals surface area contributed by atoms with Gasteiger partial charge >= 0.3 is 0 Å². The fourth-order valence-corrected chi connectivity index (χ4v) is 1.53. The molecule has 2 unspecified atom stereocenters. The van der Waals surface area contributed by atoms with E-state index in [0.717, 1.165) is 12.8 Å². The van der Waals surface area contributed by atoms with Crippen LogP contribution in [-0.4, -0.2) is 31.7 Å². The molecule has 0 heterocycles. The third-order valence-corrected chi connectivity index (χ3v) is 2.74. The maximum Gasteiger partial charge on any atom is 0.222 e. The average Bonchev–Trinajstić information content (AvgIpc) is 2.22. The van der Waals surface area contributed by atoms with Crippen molar-refractivity contribution in [1.82, 2.24) is 5.32 Å². The van der Waals surface area contributed by atoms with E-state index >= 15 is 0 Å². The van der Waals surface area contributed by atoms with Crippen molar-refractivity contribution in [2.24, 2.45) is 11.1 Å². The molecule has 0 aromatic carbocycles. The number of nitrogens with two attached hydrogens (primary N) is 1. The Morgan fingerprint density at radius 3 is 2.33 bits per heavy atom. The first kappa shape index (κ1) is 20.0. The fraction of sp³-hybridized carbons (Fsp3) is 0.923. The summed E-state index contributed by atoms with van der Waals surface area (Å²) >= 11 is 0. The minimum Gasteiger partial charge on any atom is -0.380 e. The smallest absolute Gasteiger partial charge is 0.222 e. The number of methoxy groups -OCH3 is 1. The first-order valence-corrected chi connectivity index (χ1v) is 6.30. The number of carbonyl (C=O) groups is 1. The molecule has 1 amide bonds. The summed E-state index contributed by atoms with van der Waals surface area (Å²) in [6.45, 7) is 9.03. The Kier molecular flexibility index (Phi) is 10.7. The second-order valence-electron chi connectivity index (χ2n) is 5.87. The van der Waals surface area contributed by atoms with Gasteiger partial charge in [-0.15, -0.1) is 12.4 Å². The fourth-order valence-electron chi connectivity index (χ4n) is 1.53. The van der Waals surface area contributed by atoms with E-state index < -0.39 is 0 Å². The molecule has 3 N–H and O–H groups in total. The molecule has 0 spiro atoms. The molecule has 2 atom stereocenters. The largest absolute Gasteiger partial charge is 0.380 e. The molecule has 0 aliphatic rings. The van der Waals surface area contributed by atoms with Gasteiger partial charge in [-0.3, -0.25) is 4.79 Å². The normalized spacial score (nSPS) is 14.6. The van der Waals surface area contributed by atoms with Crippen molar-refractivity contribution in [1.29, 1.82) is 0 Å². The van der Waals surface area contributed by atoms with Gasteiger partial charge in [0, 0.05) is 19.7 Å². The van der Waals surface area contributed by atoms with Gasteiger partial charge in [-0.1, -0.05) is 20.8 Å². The Morgan fingerprint density at radius 2 is 1.94 bits per heavy atom. The van der Waals surface area contributed by atoms with Gasteiger partial charge in [0.25, 0.3) is 0 Å². The molecule has 5 heteroatoms. The Hall–Kier alpha value is -0.320. The minimum absolute atomic E-state index is 0. The summed E-state index contributed by atoms with van der Waals surface area (Å²) < 4.78 is 5.08. The lowest BCUT2D eigenvalue weighted by Crippen LogP contribution is -2.37. The van der Waals surface area contributed by atoms with Crippen molar-refractivity contribution >= 4 is 18.3 Å². The molecular weight excluding hydrogens is 252 g/mol. The molecule has 0 aromatic rings. The van der Waals surface area contributed by atoms with Gasteiger partial charge in [-0.25, -0.2) is 0 Å². The molecule has 0 radical (unpaired) electrons. The number of hydrogen-bond acceptors (Lipinski definition) is 3. The van der Waals surface area contributed by atoms with E-state index in [1.54, 1.807) is 7.11 Å². The van der Waals surface area contributed by atoms with Crippen LogP contribution in [0, 0.1) is 5.41 Å². The summed E-state index contributed by atoms with van der Waals surface area (Å²) in [5.41, 5.74) is 5.78. The molecule has 4 nitrogen and oxygen atoms in total. The maximum atomic E-state index is 11.7.